The molecule has 0 bridgehead atoms. The van der Waals surface area contributed by atoms with Gasteiger partial charge in [0.2, 0.25) is 22.5 Å². The molecule has 2 heterocycles. The number of methoxy groups -OCH3 is 2. The number of fused-ring (bicyclic) bond motifs is 2. The molecular formula is C40H25Cl2CrN14O22S4. The summed E-state index contributed by atoms with van der Waals surface area (Å²) < 4.78 is 153. The zero-order valence-electron chi connectivity index (χ0n) is 45.1. The van der Waals surface area contributed by atoms with Crippen molar-refractivity contribution >= 4 is 143 Å². The number of rotatable bonds is 16. The number of halogens is 2. The van der Waals surface area contributed by atoms with Gasteiger partial charge >= 0.3 is 36.5 Å². The molecule has 2 aromatic heterocycles. The van der Waals surface area contributed by atoms with Crippen LogP contribution in [0.15, 0.2) is 113 Å². The molecule has 0 aliphatic heterocycles. The third-order valence-electron chi connectivity index (χ3n) is 10.2. The third-order valence-corrected chi connectivity index (χ3v) is 13.8. The maximum absolute atomic E-state index is 13.5. The van der Waals surface area contributed by atoms with E-state index in [0.29, 0.717) is 48.5 Å². The van der Waals surface area contributed by atoms with Gasteiger partial charge in [-0.25, -0.2) is 33.7 Å². The largest absolute Gasteiger partial charge is 3.00 e. The van der Waals surface area contributed by atoms with Crippen LogP contribution in [-0.2, 0) is 57.8 Å². The molecule has 1 radical (unpaired) electrons. The molecule has 0 amide bonds. The van der Waals surface area contributed by atoms with Gasteiger partial charge in [0.05, 0.1) is 66.4 Å². The fourth-order valence-electron chi connectivity index (χ4n) is 6.75. The van der Waals surface area contributed by atoms with Crippen molar-refractivity contribution in [2.45, 2.75) is 19.6 Å². The maximum atomic E-state index is 13.5. The summed E-state index contributed by atoms with van der Waals surface area (Å²) in [6.45, 7) is 0. The third kappa shape index (κ3) is 14.6. The van der Waals surface area contributed by atoms with Crippen LogP contribution in [-0.4, -0.2) is 106 Å². The van der Waals surface area contributed by atoms with Crippen molar-refractivity contribution in [3.8, 4) is 35.0 Å². The van der Waals surface area contributed by atoms with Crippen molar-refractivity contribution in [2.75, 3.05) is 24.9 Å². The van der Waals surface area contributed by atoms with E-state index in [4.69, 9.17) is 32.7 Å². The van der Waals surface area contributed by atoms with Gasteiger partial charge in [0.25, 0.3) is 11.4 Å². The van der Waals surface area contributed by atoms with Crippen molar-refractivity contribution in [3.63, 3.8) is 0 Å². The average molecular weight is 1300 g/mol. The topological polar surface area (TPSA) is 577 Å². The fraction of sp³-hybridized carbons (Fsp3) is 0.0500. The molecule has 0 spiro atoms. The second-order valence-electron chi connectivity index (χ2n) is 15.4. The predicted molar refractivity (Wildman–Crippen MR) is 267 cm³/mol. The number of non-ortho nitro benzene ring substituents is 2. The van der Waals surface area contributed by atoms with E-state index in [0.717, 1.165) is 24.3 Å². The zero-order valence-corrected chi connectivity index (χ0v) is 46.1. The molecule has 8 rings (SSSR count). The first kappa shape index (κ1) is 63.2. The average Bonchev–Trinajstić information content (AvgIpc) is 0.914. The van der Waals surface area contributed by atoms with E-state index in [1.807, 2.05) is 0 Å². The Kier molecular flexibility index (Phi) is 18.4. The van der Waals surface area contributed by atoms with Crippen LogP contribution in [0.2, 0.25) is 10.6 Å². The summed E-state index contributed by atoms with van der Waals surface area (Å²) in [5.41, 5.74) is -5.76. The molecule has 0 unspecified atom stereocenters. The zero-order chi connectivity index (χ0) is 60.6. The van der Waals surface area contributed by atoms with Crippen molar-refractivity contribution in [3.05, 3.63) is 104 Å². The van der Waals surface area contributed by atoms with Crippen LogP contribution in [0, 0.1) is 20.2 Å². The summed E-state index contributed by atoms with van der Waals surface area (Å²) in [6.07, 6.45) is 0. The van der Waals surface area contributed by atoms with Crippen LogP contribution in [0.25, 0.3) is 21.5 Å². The molecule has 8 aromatic rings. The molecule has 431 valence electrons. The number of benzene rings is 6. The van der Waals surface area contributed by atoms with E-state index < -0.39 is 182 Å². The first-order valence-electron chi connectivity index (χ1n) is 20.8. The van der Waals surface area contributed by atoms with Crippen LogP contribution in [0.3, 0.4) is 0 Å². The number of nitrogens with one attached hydrogen (secondary N) is 2. The minimum atomic E-state index is -5.52. The van der Waals surface area contributed by atoms with Gasteiger partial charge < -0.3 is 58.7 Å². The number of anilines is 4. The summed E-state index contributed by atoms with van der Waals surface area (Å²) in [5.74, 6) is -5.32. The van der Waals surface area contributed by atoms with Gasteiger partial charge in [-0.2, -0.15) is 40.1 Å². The van der Waals surface area contributed by atoms with Gasteiger partial charge in [0, 0.05) is 35.6 Å². The molecule has 36 nitrogen and oxygen atoms in total. The molecule has 0 atom stereocenters. The minimum Gasteiger partial charge on any atom is -0.871 e. The monoisotopic (exact) mass is 1300 g/mol. The Balaban J connectivity index is 0.000000824. The fourth-order valence-corrected chi connectivity index (χ4v) is 9.40. The van der Waals surface area contributed by atoms with E-state index in [1.165, 1.54) is 14.2 Å². The molecule has 83 heavy (non-hydrogen) atoms. The summed E-state index contributed by atoms with van der Waals surface area (Å²) in [6, 6.07) is 7.81. The van der Waals surface area contributed by atoms with Crippen molar-refractivity contribution in [2.24, 2.45) is 20.5 Å². The minimum absolute atomic E-state index is 0. The molecular weight excluding hydrogens is 1280 g/mol. The molecule has 0 aliphatic rings. The van der Waals surface area contributed by atoms with Crippen molar-refractivity contribution < 1.29 is 116 Å². The van der Waals surface area contributed by atoms with Crippen LogP contribution in [0.1, 0.15) is 7.13 Å². The normalized spacial score (nSPS) is 12.0. The quantitative estimate of drug-likeness (QED) is 0.0598. The van der Waals surface area contributed by atoms with Gasteiger partial charge in [0.15, 0.2) is 0 Å². The van der Waals surface area contributed by atoms with Gasteiger partial charge in [-0.05, 0) is 81.1 Å². The Morgan fingerprint density at radius 3 is 1.16 bits per heavy atom. The SMILES string of the molecule is COc1nc(Cl)nc(Nc2cc(S(=O)(=O)[O-])cc3cc(S(=O)(=O)[O-])c(N=Nc4cc([N+](=O)[O-])ccc4[O-])c([O-])c23)n1.COc1nc(Cl)nc(Nc2cc(S(=O)(=O)[O-])cc3cc(S(=O)(=O)[O-])c(N=Nc4cc([N+](=O)[O-])ccc4[O-])c([O-])c23)n1.[Cr+3].[H+].[H+].[H+].[H+].[H+]. The van der Waals surface area contributed by atoms with Gasteiger partial charge in [0.1, 0.15) is 40.5 Å². The second-order valence-corrected chi connectivity index (χ2v) is 21.5. The van der Waals surface area contributed by atoms with Crippen LogP contribution >= 0.6 is 23.2 Å². The summed E-state index contributed by atoms with van der Waals surface area (Å²) in [4.78, 5) is 38.2. The van der Waals surface area contributed by atoms with Crippen LogP contribution in [0.4, 0.5) is 57.4 Å². The van der Waals surface area contributed by atoms with E-state index in [-0.39, 0.29) is 36.5 Å². The molecule has 43 heteroatoms. The van der Waals surface area contributed by atoms with E-state index in [1.54, 1.807) is 0 Å². The summed E-state index contributed by atoms with van der Waals surface area (Å²) in [7, 11) is -19.1. The molecule has 2 N–H and O–H groups in total. The molecule has 6 aromatic carbocycles. The Labute approximate surface area is 489 Å². The maximum Gasteiger partial charge on any atom is 3.00 e. The number of nitro benzene ring substituents is 2. The molecule has 0 fully saturated rings. The Bertz CT molecular complexity index is 4300. The number of ether oxygens (including phenoxy) is 2. The second kappa shape index (κ2) is 24.2. The first-order valence-corrected chi connectivity index (χ1v) is 27.2. The Morgan fingerprint density at radius 2 is 0.855 bits per heavy atom. The number of nitro groups is 2. The van der Waals surface area contributed by atoms with Gasteiger partial charge in [-0.1, -0.05) is 35.1 Å². The number of hydrogen-bond acceptors (Lipinski definition) is 34. The molecule has 0 saturated heterocycles. The first-order chi connectivity index (χ1) is 38.2. The standard InChI is InChI=1S/2C20H14ClN7O11S2.Cr/c2*1-39-20-24-18(21)23-19(25-20)22-12-7-10(40(33,34)35)4-8-5-14(41(36,37)38)16(17(30)15(8)12)27-26-11-6-9(28(31)32)2-3-13(11)29;/h2*2-7,29-30H,1H3,(H,33,34,35)(H,36,37,38)(H,22,23,24,25);/q;;+3/p-3. The molecule has 0 saturated carbocycles. The summed E-state index contributed by atoms with van der Waals surface area (Å²) >= 11 is 11.6. The van der Waals surface area contributed by atoms with E-state index in [2.05, 4.69) is 61.0 Å². The number of azo groups is 2. The van der Waals surface area contributed by atoms with Crippen LogP contribution in [0.5, 0.6) is 35.0 Å². The van der Waals surface area contributed by atoms with Crippen molar-refractivity contribution in [1.82, 2.24) is 29.9 Å². The van der Waals surface area contributed by atoms with E-state index >= 15 is 0 Å². The smallest absolute Gasteiger partial charge is 0.871 e. The van der Waals surface area contributed by atoms with Crippen molar-refractivity contribution in [1.29, 1.82) is 0 Å². The summed E-state index contributed by atoms with van der Waals surface area (Å²) in [5, 5.41) is 89.0. The Morgan fingerprint density at radius 1 is 0.506 bits per heavy atom. The van der Waals surface area contributed by atoms with E-state index in [9.17, 15) is 92.5 Å². The number of aromatic nitrogens is 6. The van der Waals surface area contributed by atoms with Gasteiger partial charge in [-0.3, -0.25) is 20.2 Å². The molecule has 0 aliphatic carbocycles. The van der Waals surface area contributed by atoms with Crippen LogP contribution < -0.4 is 40.5 Å². The Hall–Kier alpha value is -8.99. The van der Waals surface area contributed by atoms with Gasteiger partial charge in [-0.15, -0.1) is 10.2 Å². The number of hydrogen-bond donors (Lipinski definition) is 2. The number of nitrogens with zero attached hydrogens (tertiary/aromatic N) is 12. The predicted octanol–water partition coefficient (Wildman–Crippen LogP) is 3.98.